The van der Waals surface area contributed by atoms with Crippen LogP contribution in [0.5, 0.6) is 5.75 Å². The molecule has 3 aliphatic rings. The number of amides is 2. The predicted molar refractivity (Wildman–Crippen MR) is 91.7 cm³/mol. The van der Waals surface area contributed by atoms with Gasteiger partial charge in [0, 0.05) is 38.2 Å². The van der Waals surface area contributed by atoms with Gasteiger partial charge in [0.05, 0.1) is 25.7 Å². The van der Waals surface area contributed by atoms with Gasteiger partial charge in [-0.3, -0.25) is 9.59 Å². The maximum absolute atomic E-state index is 12.9. The Morgan fingerprint density at radius 2 is 1.88 bits per heavy atom. The summed E-state index contributed by atoms with van der Waals surface area (Å²) in [6.45, 7) is 4.47. The van der Waals surface area contributed by atoms with Crippen molar-refractivity contribution in [3.63, 3.8) is 0 Å². The second kappa shape index (κ2) is 7.04. The SMILES string of the molecule is O=C(c1ccc2c(c1)CCO2)N1CCCC(C(=O)N2CCOCC2)C1. The molecule has 25 heavy (non-hydrogen) atoms. The summed E-state index contributed by atoms with van der Waals surface area (Å²) >= 11 is 0. The van der Waals surface area contributed by atoms with Gasteiger partial charge in [-0.25, -0.2) is 0 Å². The topological polar surface area (TPSA) is 59.1 Å². The van der Waals surface area contributed by atoms with Crippen molar-refractivity contribution in [1.82, 2.24) is 9.80 Å². The third-order valence-corrected chi connectivity index (χ3v) is 5.32. The van der Waals surface area contributed by atoms with Crippen molar-refractivity contribution in [2.75, 3.05) is 46.0 Å². The maximum Gasteiger partial charge on any atom is 0.253 e. The molecule has 0 bridgehead atoms. The molecule has 6 heteroatoms. The minimum Gasteiger partial charge on any atom is -0.493 e. The molecule has 1 unspecified atom stereocenters. The van der Waals surface area contributed by atoms with Crippen LogP contribution in [0.25, 0.3) is 0 Å². The van der Waals surface area contributed by atoms with Crippen LogP contribution in [0.1, 0.15) is 28.8 Å². The Labute approximate surface area is 147 Å². The molecule has 0 spiro atoms. The molecule has 3 heterocycles. The minimum atomic E-state index is -0.0893. The number of carbonyl (C=O) groups excluding carboxylic acids is 2. The Hall–Kier alpha value is -2.08. The molecule has 1 aromatic rings. The first-order valence-corrected chi connectivity index (χ1v) is 9.14. The lowest BCUT2D eigenvalue weighted by Crippen LogP contribution is -2.49. The molecular formula is C19H24N2O4. The van der Waals surface area contributed by atoms with Gasteiger partial charge in [-0.1, -0.05) is 0 Å². The van der Waals surface area contributed by atoms with E-state index in [-0.39, 0.29) is 17.7 Å². The summed E-state index contributed by atoms with van der Waals surface area (Å²) in [6, 6.07) is 5.66. The van der Waals surface area contributed by atoms with E-state index in [9.17, 15) is 9.59 Å². The highest BCUT2D eigenvalue weighted by Gasteiger charge is 2.32. The van der Waals surface area contributed by atoms with Gasteiger partial charge in [0.1, 0.15) is 5.75 Å². The number of piperidine rings is 1. The van der Waals surface area contributed by atoms with Gasteiger partial charge >= 0.3 is 0 Å². The Morgan fingerprint density at radius 1 is 1.04 bits per heavy atom. The fourth-order valence-corrected chi connectivity index (χ4v) is 3.91. The van der Waals surface area contributed by atoms with Gasteiger partial charge in [-0.15, -0.1) is 0 Å². The highest BCUT2D eigenvalue weighted by Crippen LogP contribution is 2.27. The number of fused-ring (bicyclic) bond motifs is 1. The molecule has 0 aromatic heterocycles. The number of likely N-dealkylation sites (tertiary alicyclic amines) is 1. The number of hydrogen-bond acceptors (Lipinski definition) is 4. The molecule has 2 amide bonds. The van der Waals surface area contributed by atoms with Crippen LogP contribution in [0.15, 0.2) is 18.2 Å². The Balaban J connectivity index is 1.43. The smallest absolute Gasteiger partial charge is 0.253 e. The number of rotatable bonds is 2. The first kappa shape index (κ1) is 16.4. The molecule has 1 atom stereocenters. The molecule has 0 saturated carbocycles. The Bertz CT molecular complexity index is 669. The molecule has 2 saturated heterocycles. The van der Waals surface area contributed by atoms with Gasteiger partial charge < -0.3 is 19.3 Å². The van der Waals surface area contributed by atoms with Gasteiger partial charge in [-0.05, 0) is 36.6 Å². The number of hydrogen-bond donors (Lipinski definition) is 0. The summed E-state index contributed by atoms with van der Waals surface area (Å²) in [4.78, 5) is 29.3. The third kappa shape index (κ3) is 3.35. The summed E-state index contributed by atoms with van der Waals surface area (Å²) in [6.07, 6.45) is 2.59. The Morgan fingerprint density at radius 3 is 2.72 bits per heavy atom. The second-order valence-electron chi connectivity index (χ2n) is 6.95. The highest BCUT2D eigenvalue weighted by atomic mass is 16.5. The van der Waals surface area contributed by atoms with E-state index in [0.717, 1.165) is 37.1 Å². The van der Waals surface area contributed by atoms with Crippen LogP contribution in [-0.2, 0) is 16.0 Å². The van der Waals surface area contributed by atoms with E-state index in [1.165, 1.54) is 0 Å². The average molecular weight is 344 g/mol. The first-order chi connectivity index (χ1) is 12.2. The van der Waals surface area contributed by atoms with E-state index >= 15 is 0 Å². The number of benzene rings is 1. The number of carbonyl (C=O) groups is 2. The lowest BCUT2D eigenvalue weighted by atomic mass is 9.95. The lowest BCUT2D eigenvalue weighted by Gasteiger charge is -2.36. The van der Waals surface area contributed by atoms with Gasteiger partial charge in [0.25, 0.3) is 5.91 Å². The van der Waals surface area contributed by atoms with Crippen LogP contribution in [-0.4, -0.2) is 67.6 Å². The van der Waals surface area contributed by atoms with Crippen molar-refractivity contribution in [2.24, 2.45) is 5.92 Å². The fraction of sp³-hybridized carbons (Fsp3) is 0.579. The monoisotopic (exact) mass is 344 g/mol. The maximum atomic E-state index is 12.9. The third-order valence-electron chi connectivity index (χ3n) is 5.32. The predicted octanol–water partition coefficient (Wildman–Crippen LogP) is 1.33. The molecule has 6 nitrogen and oxygen atoms in total. The summed E-state index contributed by atoms with van der Waals surface area (Å²) in [5.74, 6) is 0.987. The zero-order chi connectivity index (χ0) is 17.2. The molecule has 0 radical (unpaired) electrons. The number of nitrogens with zero attached hydrogens (tertiary/aromatic N) is 2. The standard InChI is InChI=1S/C19H24N2O4/c22-18(15-3-4-17-14(12-15)5-9-25-17)21-6-1-2-16(13-21)19(23)20-7-10-24-11-8-20/h3-4,12,16H,1-2,5-11,13H2. The summed E-state index contributed by atoms with van der Waals surface area (Å²) < 4.78 is 10.8. The van der Waals surface area contributed by atoms with Gasteiger partial charge in [0.15, 0.2) is 0 Å². The first-order valence-electron chi connectivity index (χ1n) is 9.14. The molecule has 2 fully saturated rings. The van der Waals surface area contributed by atoms with Crippen LogP contribution in [0.2, 0.25) is 0 Å². The van der Waals surface area contributed by atoms with Crippen molar-refractivity contribution in [2.45, 2.75) is 19.3 Å². The van der Waals surface area contributed by atoms with Gasteiger partial charge in [-0.2, -0.15) is 0 Å². The highest BCUT2D eigenvalue weighted by molar-refractivity contribution is 5.95. The van der Waals surface area contributed by atoms with E-state index in [1.807, 2.05) is 28.0 Å². The van der Waals surface area contributed by atoms with Gasteiger partial charge in [0.2, 0.25) is 5.91 Å². The van der Waals surface area contributed by atoms with E-state index in [4.69, 9.17) is 9.47 Å². The van der Waals surface area contributed by atoms with Crippen molar-refractivity contribution in [3.8, 4) is 5.75 Å². The van der Waals surface area contributed by atoms with Crippen molar-refractivity contribution in [1.29, 1.82) is 0 Å². The summed E-state index contributed by atoms with van der Waals surface area (Å²) in [5.41, 5.74) is 1.80. The van der Waals surface area contributed by atoms with Crippen molar-refractivity contribution >= 4 is 11.8 Å². The average Bonchev–Trinajstić information content (AvgIpc) is 3.15. The molecule has 134 valence electrons. The van der Waals surface area contributed by atoms with E-state index in [1.54, 1.807) is 0 Å². The van der Waals surface area contributed by atoms with Crippen LogP contribution < -0.4 is 4.74 Å². The van der Waals surface area contributed by atoms with E-state index < -0.39 is 0 Å². The van der Waals surface area contributed by atoms with Crippen LogP contribution in [0, 0.1) is 5.92 Å². The summed E-state index contributed by atoms with van der Waals surface area (Å²) in [5, 5.41) is 0. The Kier molecular flexibility index (Phi) is 4.61. The van der Waals surface area contributed by atoms with Crippen LogP contribution >= 0.6 is 0 Å². The quantitative estimate of drug-likeness (QED) is 0.812. The molecular weight excluding hydrogens is 320 g/mol. The van der Waals surface area contributed by atoms with Crippen molar-refractivity contribution in [3.05, 3.63) is 29.3 Å². The fourth-order valence-electron chi connectivity index (χ4n) is 3.91. The van der Waals surface area contributed by atoms with Crippen LogP contribution in [0.4, 0.5) is 0 Å². The zero-order valence-corrected chi connectivity index (χ0v) is 14.4. The zero-order valence-electron chi connectivity index (χ0n) is 14.4. The minimum absolute atomic E-state index is 0.0224. The molecule has 0 aliphatic carbocycles. The van der Waals surface area contributed by atoms with Crippen molar-refractivity contribution < 1.29 is 19.1 Å². The normalized spacial score (nSPS) is 23.1. The largest absolute Gasteiger partial charge is 0.493 e. The second-order valence-corrected chi connectivity index (χ2v) is 6.95. The molecule has 1 aromatic carbocycles. The summed E-state index contributed by atoms with van der Waals surface area (Å²) in [7, 11) is 0. The lowest BCUT2D eigenvalue weighted by molar-refractivity contribution is -0.141. The molecule has 0 N–H and O–H groups in total. The van der Waals surface area contributed by atoms with Crippen LogP contribution in [0.3, 0.4) is 0 Å². The number of ether oxygens (including phenoxy) is 2. The van der Waals surface area contributed by atoms with E-state index in [0.29, 0.717) is 45.0 Å². The number of morpholine rings is 1. The molecule has 3 aliphatic heterocycles. The molecule has 4 rings (SSSR count). The van der Waals surface area contributed by atoms with E-state index in [2.05, 4.69) is 0 Å².